The van der Waals surface area contributed by atoms with Crippen molar-refractivity contribution in [3.63, 3.8) is 0 Å². The van der Waals surface area contributed by atoms with E-state index in [9.17, 15) is 14.4 Å². The molecule has 0 spiro atoms. The molecule has 3 atom stereocenters. The van der Waals surface area contributed by atoms with Crippen molar-refractivity contribution in [2.45, 2.75) is 77.2 Å². The zero-order valence-corrected chi connectivity index (χ0v) is 13.7. The lowest BCUT2D eigenvalue weighted by Gasteiger charge is -2.34. The third-order valence-corrected chi connectivity index (χ3v) is 2.45. The molecule has 0 heterocycles. The Kier molecular flexibility index (Phi) is 2.56. The molecule has 6 heteroatoms. The Balaban J connectivity index is 7.86. The van der Waals surface area contributed by atoms with E-state index in [2.05, 4.69) is 4.52 Å². The number of hydrogen-bond donors (Lipinski definition) is 1. The normalized spacial score (nSPS) is 41.9. The van der Waals surface area contributed by atoms with Crippen molar-refractivity contribution in [1.82, 2.24) is 0 Å². The van der Waals surface area contributed by atoms with E-state index in [1.165, 1.54) is 21.1 Å². The maximum absolute atomic E-state index is 11.7. The second kappa shape index (κ2) is 11.6. The van der Waals surface area contributed by atoms with Crippen LogP contribution in [0.15, 0.2) is 0 Å². The molecule has 0 bridgehead atoms. The average molecular weight is 377 g/mol. The van der Waals surface area contributed by atoms with Crippen molar-refractivity contribution < 1.29 is 57.6 Å². The van der Waals surface area contributed by atoms with Gasteiger partial charge in [0.2, 0.25) is 0 Å². The molecule has 0 saturated heterocycles. The van der Waals surface area contributed by atoms with Crippen LogP contribution in [0.1, 0.15) is 105 Å². The van der Waals surface area contributed by atoms with Gasteiger partial charge in [0.1, 0.15) is 12.6 Å². The van der Waals surface area contributed by atoms with E-state index in [0.29, 0.717) is 0 Å². The van der Waals surface area contributed by atoms with E-state index in [1.807, 2.05) is 0 Å². The minimum absolute atomic E-state index is 0.586. The Labute approximate surface area is 178 Å². The van der Waals surface area contributed by atoms with Crippen molar-refractivity contribution in [2.75, 3.05) is 27.7 Å². The van der Waals surface area contributed by atoms with Crippen molar-refractivity contribution in [3.05, 3.63) is 0 Å². The fourth-order valence-electron chi connectivity index (χ4n) is 1.20. The van der Waals surface area contributed by atoms with Gasteiger partial charge in [0.15, 0.2) is 0 Å². The summed E-state index contributed by atoms with van der Waals surface area (Å²) in [5.41, 5.74) is 0. The molecule has 0 aromatic heterocycles. The zero-order valence-electron chi connectivity index (χ0n) is 37.9. The van der Waals surface area contributed by atoms with Crippen LogP contribution in [0.3, 0.4) is 0 Å². The van der Waals surface area contributed by atoms with Crippen molar-refractivity contribution in [1.29, 1.82) is 0 Å². The average Bonchev–Trinajstić information content (AvgIpc) is 2.78. The molecule has 0 rings (SSSR count). The Hall–Kier alpha value is 0.0700. The highest BCUT2D eigenvalue weighted by Gasteiger charge is 2.27. The van der Waals surface area contributed by atoms with Gasteiger partial charge in [-0.3, -0.25) is 4.57 Å². The van der Waals surface area contributed by atoms with E-state index in [-0.39, 0.29) is 0 Å². The van der Waals surface area contributed by atoms with Crippen LogP contribution in [-0.2, 0) is 9.09 Å². The van der Waals surface area contributed by atoms with E-state index in [0.717, 1.165) is 0 Å². The van der Waals surface area contributed by atoms with Gasteiger partial charge in [0.05, 0.1) is 21.1 Å². The lowest BCUT2D eigenvalue weighted by Crippen LogP contribution is -2.44. The Bertz CT molecular complexity index is 1210. The highest BCUT2D eigenvalue weighted by atomic mass is 31.2. The molecule has 0 aliphatic carbocycles. The lowest BCUT2D eigenvalue weighted by atomic mass is 9.96. The van der Waals surface area contributed by atoms with Crippen LogP contribution in [0.4, 0.5) is 0 Å². The van der Waals surface area contributed by atoms with Crippen molar-refractivity contribution in [3.8, 4) is 0 Å². The standard InChI is InChI=1S/C17H38NO4P/c1-6-7-8-9-10-11-12-13-14-16(2)17(15-18(3,4)5)22-23(19,20)21/h16-17H,6-15H2,1-5H3,(H-,19,20,21)/i1D3,2D3,6D2,7D2,8D2,9D2,10D2,11D2,12D2,13D2,14D2,16D. The topological polar surface area (TPSA) is 69.6 Å². The number of phosphoric acid groups is 1. The molecule has 1 N–H and O–H groups in total. The summed E-state index contributed by atoms with van der Waals surface area (Å²) in [5, 5.41) is 0. The minimum atomic E-state index is -6.12. The van der Waals surface area contributed by atoms with Crippen LogP contribution in [0.5, 0.6) is 0 Å². The summed E-state index contributed by atoms with van der Waals surface area (Å²) in [5.74, 6) is -4.35. The predicted molar refractivity (Wildman–Crippen MR) is 94.0 cm³/mol. The first-order chi connectivity index (χ1) is 20.1. The summed E-state index contributed by atoms with van der Waals surface area (Å²) in [6.45, 7) is -9.36. The highest BCUT2D eigenvalue weighted by molar-refractivity contribution is 7.44. The Morgan fingerprint density at radius 1 is 1.22 bits per heavy atom. The van der Waals surface area contributed by atoms with Crippen molar-refractivity contribution in [2.24, 2.45) is 5.89 Å². The molecular formula is C17H38NO4P. The van der Waals surface area contributed by atoms with Gasteiger partial charge in [-0.05, 0) is 12.3 Å². The molecule has 0 radical (unpaired) electrons. The predicted octanol–water partition coefficient (Wildman–Crippen LogP) is 3.71. The molecule has 0 fully saturated rings. The molecule has 3 unspecified atom stereocenters. The van der Waals surface area contributed by atoms with Gasteiger partial charge >= 0.3 is 0 Å². The first-order valence-corrected chi connectivity index (χ1v) is 7.58. The van der Waals surface area contributed by atoms with Crippen LogP contribution in [0.25, 0.3) is 0 Å². The summed E-state index contributed by atoms with van der Waals surface area (Å²) in [7, 11) is -2.49. The zero-order chi connectivity index (χ0) is 40.0. The first-order valence-electron chi connectivity index (χ1n) is 18.6. The molecule has 23 heavy (non-hydrogen) atoms. The number of rotatable bonds is 14. The van der Waals surface area contributed by atoms with E-state index in [1.54, 1.807) is 0 Å². The molecule has 140 valence electrons. The van der Waals surface area contributed by atoms with Gasteiger partial charge in [-0.15, -0.1) is 0 Å². The van der Waals surface area contributed by atoms with E-state index < -0.39 is 102 Å². The summed E-state index contributed by atoms with van der Waals surface area (Å²) < 4.78 is 216. The van der Waals surface area contributed by atoms with Gasteiger partial charge in [-0.2, -0.15) is 0 Å². The van der Waals surface area contributed by atoms with E-state index in [4.69, 9.17) is 34.3 Å². The number of quaternary nitrogens is 1. The molecule has 0 aliphatic heterocycles. The van der Waals surface area contributed by atoms with Gasteiger partial charge in [-0.25, -0.2) is 0 Å². The second-order valence-electron chi connectivity index (χ2n) is 5.07. The number of phosphoric ester groups is 1. The van der Waals surface area contributed by atoms with Crippen LogP contribution in [0.2, 0.25) is 0 Å². The summed E-state index contributed by atoms with van der Waals surface area (Å²) >= 11 is 0. The fraction of sp³-hybridized carbons (Fsp3) is 1.00. The fourth-order valence-corrected chi connectivity index (χ4v) is 1.70. The van der Waals surface area contributed by atoms with Gasteiger partial charge in [-0.1, -0.05) is 64.7 Å². The summed E-state index contributed by atoms with van der Waals surface area (Å²) in [6.07, 6.45) is -46.1. The highest BCUT2D eigenvalue weighted by Crippen LogP contribution is 2.36. The van der Waals surface area contributed by atoms with Gasteiger partial charge < -0.3 is 18.8 Å². The Morgan fingerprint density at radius 3 is 2.26 bits per heavy atom. The number of hydrogen-bond acceptors (Lipinski definition) is 3. The first kappa shape index (κ1) is 5.07. The molecular weight excluding hydrogens is 313 g/mol. The molecule has 0 aliphatic rings. The van der Waals surface area contributed by atoms with Crippen LogP contribution in [-0.4, -0.2) is 43.2 Å². The molecule has 0 amide bonds. The SMILES string of the molecule is [2H]C([2H])([2H])C([2H])([2H])C([2H])([2H])C([2H])([2H])C([2H])([2H])C([2H])([2H])C([2H])([2H])C([2H])([2H])C([2H])([2H])C([2H])([2H])C([2H])(C(C[N+](C)(C)C)OP(=O)([O-])O)C([2H])([2H])[2H]. The molecule has 0 aromatic rings. The van der Waals surface area contributed by atoms with Gasteiger partial charge in [0.25, 0.3) is 7.82 Å². The lowest BCUT2D eigenvalue weighted by molar-refractivity contribution is -0.873. The monoisotopic (exact) mass is 376 g/mol. The minimum Gasteiger partial charge on any atom is -0.756 e. The summed E-state index contributed by atoms with van der Waals surface area (Å²) in [6, 6.07) is 0. The maximum atomic E-state index is 11.7. The second-order valence-corrected chi connectivity index (χ2v) is 6.22. The third-order valence-electron chi connectivity index (χ3n) is 1.93. The van der Waals surface area contributed by atoms with Crippen LogP contribution >= 0.6 is 7.82 Å². The number of nitrogens with zero attached hydrogens (tertiary/aromatic N) is 1. The summed E-state index contributed by atoms with van der Waals surface area (Å²) in [4.78, 5) is 21.1. The molecule has 0 aromatic carbocycles. The maximum Gasteiger partial charge on any atom is 0.265 e. The van der Waals surface area contributed by atoms with Crippen LogP contribution < -0.4 is 4.89 Å². The van der Waals surface area contributed by atoms with Crippen molar-refractivity contribution >= 4 is 7.82 Å². The smallest absolute Gasteiger partial charge is 0.265 e. The van der Waals surface area contributed by atoms with Crippen LogP contribution in [0, 0.1) is 5.89 Å². The molecule has 5 nitrogen and oxygen atoms in total. The quantitative estimate of drug-likeness (QED) is 0.371. The largest absolute Gasteiger partial charge is 0.756 e. The molecule has 0 saturated carbocycles. The third kappa shape index (κ3) is 15.3. The van der Waals surface area contributed by atoms with Gasteiger partial charge in [0, 0.05) is 34.3 Å². The Morgan fingerprint density at radius 2 is 1.78 bits per heavy atom. The van der Waals surface area contributed by atoms with E-state index >= 15 is 0 Å². The number of likely N-dealkylation sites (N-methyl/N-ethyl adjacent to an activating group) is 1.